The third-order valence-electron chi connectivity index (χ3n) is 1.27. The molecule has 0 spiro atoms. The molecular formula is C8H8FNO. The molecule has 1 rings (SSSR count). The average Bonchev–Trinajstić information content (AvgIpc) is 2.03. The van der Waals surface area contributed by atoms with Crippen LogP contribution in [0.4, 0.5) is 9.18 Å². The summed E-state index contributed by atoms with van der Waals surface area (Å²) in [7, 11) is 0. The van der Waals surface area contributed by atoms with Gasteiger partial charge in [-0.1, -0.05) is 30.3 Å². The Labute approximate surface area is 64.0 Å². The number of nitrogens with one attached hydrogen (secondary N) is 1. The summed E-state index contributed by atoms with van der Waals surface area (Å²) in [4.78, 5) is 9.84. The third-order valence-corrected chi connectivity index (χ3v) is 1.27. The Bertz CT molecular complexity index is 235. The van der Waals surface area contributed by atoms with Crippen LogP contribution in [0.3, 0.4) is 0 Å². The molecule has 1 aromatic carbocycles. The molecule has 2 nitrogen and oxygen atoms in total. The van der Waals surface area contributed by atoms with Crippen molar-refractivity contribution < 1.29 is 9.18 Å². The number of carbonyl (C=O) groups is 1. The van der Waals surface area contributed by atoms with Gasteiger partial charge in [-0.2, -0.15) is 0 Å². The summed E-state index contributed by atoms with van der Waals surface area (Å²) in [6.07, 6.45) is -1.49. The predicted octanol–water partition coefficient (Wildman–Crippen LogP) is 1.87. The van der Waals surface area contributed by atoms with Gasteiger partial charge < -0.3 is 5.32 Å². The summed E-state index contributed by atoms with van der Waals surface area (Å²) >= 11 is 0. The van der Waals surface area contributed by atoms with Crippen molar-refractivity contribution >= 4 is 6.16 Å². The Morgan fingerprint density at radius 1 is 1.36 bits per heavy atom. The molecule has 0 bridgehead atoms. The van der Waals surface area contributed by atoms with E-state index in [4.69, 9.17) is 0 Å². The van der Waals surface area contributed by atoms with Crippen LogP contribution in [0.2, 0.25) is 0 Å². The van der Waals surface area contributed by atoms with Gasteiger partial charge in [-0.05, 0) is 5.56 Å². The fraction of sp³-hybridized carbons (Fsp3) is 0.125. The van der Waals surface area contributed by atoms with Crippen LogP contribution < -0.4 is 5.32 Å². The lowest BCUT2D eigenvalue weighted by Gasteiger charge is -1.98. The molecule has 0 saturated carbocycles. The summed E-state index contributed by atoms with van der Waals surface area (Å²) in [5.41, 5.74) is 0.888. The highest BCUT2D eigenvalue weighted by atomic mass is 19.1. The number of carbonyl (C=O) groups excluding carboxylic acids is 1. The molecule has 11 heavy (non-hydrogen) atoms. The van der Waals surface area contributed by atoms with Crippen LogP contribution in [0.15, 0.2) is 30.3 Å². The van der Waals surface area contributed by atoms with Gasteiger partial charge in [0.2, 0.25) is 0 Å². The van der Waals surface area contributed by atoms with Gasteiger partial charge in [0.1, 0.15) is 0 Å². The van der Waals surface area contributed by atoms with Crippen LogP contribution in [0.1, 0.15) is 5.56 Å². The number of rotatable bonds is 2. The SMILES string of the molecule is O=C(F)NCc1ccccc1. The maximum atomic E-state index is 11.6. The highest BCUT2D eigenvalue weighted by molar-refractivity contribution is 5.65. The van der Waals surface area contributed by atoms with E-state index in [1.165, 1.54) is 0 Å². The Kier molecular flexibility index (Phi) is 2.60. The van der Waals surface area contributed by atoms with Gasteiger partial charge in [0.25, 0.3) is 0 Å². The summed E-state index contributed by atoms with van der Waals surface area (Å²) in [5.74, 6) is 0. The zero-order valence-electron chi connectivity index (χ0n) is 5.88. The van der Waals surface area contributed by atoms with Gasteiger partial charge in [0.15, 0.2) is 0 Å². The molecule has 3 heteroatoms. The van der Waals surface area contributed by atoms with E-state index in [1.807, 2.05) is 30.3 Å². The van der Waals surface area contributed by atoms with E-state index < -0.39 is 6.16 Å². The second kappa shape index (κ2) is 3.71. The lowest BCUT2D eigenvalue weighted by atomic mass is 10.2. The van der Waals surface area contributed by atoms with E-state index in [0.29, 0.717) is 0 Å². The molecule has 0 saturated heterocycles. The Morgan fingerprint density at radius 2 is 2.00 bits per heavy atom. The molecule has 0 unspecified atom stereocenters. The van der Waals surface area contributed by atoms with Crippen molar-refractivity contribution in [3.8, 4) is 0 Å². The van der Waals surface area contributed by atoms with Gasteiger partial charge in [-0.25, -0.2) is 4.79 Å². The van der Waals surface area contributed by atoms with E-state index >= 15 is 0 Å². The van der Waals surface area contributed by atoms with Crippen LogP contribution in [0, 0.1) is 0 Å². The van der Waals surface area contributed by atoms with Crippen molar-refractivity contribution in [1.82, 2.24) is 5.32 Å². The first kappa shape index (κ1) is 7.72. The summed E-state index contributed by atoms with van der Waals surface area (Å²) in [6.45, 7) is 0.246. The quantitative estimate of drug-likeness (QED) is 0.510. The molecule has 0 aliphatic rings. The lowest BCUT2D eigenvalue weighted by molar-refractivity contribution is 0.221. The Balaban J connectivity index is 2.45. The van der Waals surface area contributed by atoms with E-state index in [2.05, 4.69) is 5.32 Å². The highest BCUT2D eigenvalue weighted by Gasteiger charge is 1.94. The zero-order chi connectivity index (χ0) is 8.10. The molecule has 0 aliphatic heterocycles. The van der Waals surface area contributed by atoms with Gasteiger partial charge in [-0.3, -0.25) is 0 Å². The molecule has 0 heterocycles. The second-order valence-electron chi connectivity index (χ2n) is 2.11. The number of benzene rings is 1. The molecule has 58 valence electrons. The van der Waals surface area contributed by atoms with Gasteiger partial charge >= 0.3 is 6.16 Å². The summed E-state index contributed by atoms with van der Waals surface area (Å²) < 4.78 is 11.6. The van der Waals surface area contributed by atoms with E-state index in [1.54, 1.807) is 0 Å². The first-order valence-electron chi connectivity index (χ1n) is 3.26. The molecule has 1 amide bonds. The molecule has 0 aromatic heterocycles. The molecule has 0 aliphatic carbocycles. The zero-order valence-corrected chi connectivity index (χ0v) is 5.88. The molecule has 1 N–H and O–H groups in total. The Hall–Kier alpha value is -1.38. The predicted molar refractivity (Wildman–Crippen MR) is 39.8 cm³/mol. The fourth-order valence-electron chi connectivity index (χ4n) is 0.767. The molecule has 0 radical (unpaired) electrons. The van der Waals surface area contributed by atoms with E-state index in [0.717, 1.165) is 5.56 Å². The minimum atomic E-state index is -1.49. The van der Waals surface area contributed by atoms with Crippen molar-refractivity contribution in [2.75, 3.05) is 0 Å². The molecule has 0 fully saturated rings. The van der Waals surface area contributed by atoms with Crippen LogP contribution in [-0.2, 0) is 6.54 Å². The molecule has 1 aromatic rings. The van der Waals surface area contributed by atoms with E-state index in [9.17, 15) is 9.18 Å². The van der Waals surface area contributed by atoms with Gasteiger partial charge in [-0.15, -0.1) is 4.39 Å². The first-order chi connectivity index (χ1) is 5.29. The standard InChI is InChI=1S/C8H8FNO/c9-8(11)10-6-7-4-2-1-3-5-7/h1-5H,6H2,(H,10,11). The maximum Gasteiger partial charge on any atom is 0.397 e. The van der Waals surface area contributed by atoms with Crippen molar-refractivity contribution in [2.24, 2.45) is 0 Å². The van der Waals surface area contributed by atoms with Crippen LogP contribution in [0.25, 0.3) is 0 Å². The molecule has 0 atom stereocenters. The topological polar surface area (TPSA) is 29.1 Å². The number of amides is 1. The summed E-state index contributed by atoms with van der Waals surface area (Å²) in [5, 5.41) is 2.06. The summed E-state index contributed by atoms with van der Waals surface area (Å²) in [6, 6.07) is 9.16. The third kappa shape index (κ3) is 2.80. The number of halogens is 1. The molecular weight excluding hydrogens is 145 g/mol. The van der Waals surface area contributed by atoms with Crippen molar-refractivity contribution in [3.05, 3.63) is 35.9 Å². The monoisotopic (exact) mass is 153 g/mol. The van der Waals surface area contributed by atoms with Crippen LogP contribution >= 0.6 is 0 Å². The Morgan fingerprint density at radius 3 is 2.55 bits per heavy atom. The van der Waals surface area contributed by atoms with Crippen molar-refractivity contribution in [3.63, 3.8) is 0 Å². The second-order valence-corrected chi connectivity index (χ2v) is 2.11. The normalized spacial score (nSPS) is 9.18. The van der Waals surface area contributed by atoms with Crippen molar-refractivity contribution in [1.29, 1.82) is 0 Å². The maximum absolute atomic E-state index is 11.6. The van der Waals surface area contributed by atoms with Crippen LogP contribution in [0.5, 0.6) is 0 Å². The van der Waals surface area contributed by atoms with Gasteiger partial charge in [0.05, 0.1) is 0 Å². The lowest BCUT2D eigenvalue weighted by Crippen LogP contribution is -2.15. The highest BCUT2D eigenvalue weighted by Crippen LogP contribution is 1.96. The number of hydrogen-bond donors (Lipinski definition) is 1. The average molecular weight is 153 g/mol. The first-order valence-corrected chi connectivity index (χ1v) is 3.26. The number of hydrogen-bond acceptors (Lipinski definition) is 1. The van der Waals surface area contributed by atoms with E-state index in [-0.39, 0.29) is 6.54 Å². The minimum absolute atomic E-state index is 0.246. The fourth-order valence-corrected chi connectivity index (χ4v) is 0.767. The smallest absolute Gasteiger partial charge is 0.324 e. The van der Waals surface area contributed by atoms with Crippen molar-refractivity contribution in [2.45, 2.75) is 6.54 Å². The minimum Gasteiger partial charge on any atom is -0.324 e. The largest absolute Gasteiger partial charge is 0.397 e. The van der Waals surface area contributed by atoms with Gasteiger partial charge in [0, 0.05) is 6.54 Å². The van der Waals surface area contributed by atoms with Crippen LogP contribution in [-0.4, -0.2) is 6.16 Å².